The van der Waals surface area contributed by atoms with Crippen molar-refractivity contribution >= 4 is 22.6 Å². The van der Waals surface area contributed by atoms with Crippen LogP contribution >= 0.6 is 0 Å². The number of aromatic nitrogens is 2. The number of benzene rings is 7. The molecular weight excluding hydrogens is 825 g/mol. The molecule has 0 amide bonds. The lowest BCUT2D eigenvalue weighted by Gasteiger charge is -2.34. The number of anilines is 3. The van der Waals surface area contributed by atoms with Crippen LogP contribution < -0.4 is 9.80 Å². The van der Waals surface area contributed by atoms with E-state index in [0.717, 1.165) is 52.3 Å². The van der Waals surface area contributed by atoms with Crippen LogP contribution in [0.2, 0.25) is 0 Å². The third-order valence-corrected chi connectivity index (χ3v) is 15.0. The molecule has 0 saturated carbocycles. The topological polar surface area (TPSA) is 32.3 Å². The predicted octanol–water partition coefficient (Wildman–Crippen LogP) is 15.3. The quantitative estimate of drug-likeness (QED) is 0.142. The highest BCUT2D eigenvalue weighted by Crippen LogP contribution is 2.51. The summed E-state index contributed by atoms with van der Waals surface area (Å²) >= 11 is 0. The Morgan fingerprint density at radius 2 is 1.06 bits per heavy atom. The Morgan fingerprint density at radius 3 is 1.82 bits per heavy atom. The van der Waals surface area contributed by atoms with Crippen molar-refractivity contribution in [3.05, 3.63) is 254 Å². The summed E-state index contributed by atoms with van der Waals surface area (Å²) in [5.41, 5.74) is 17.6. The first-order chi connectivity index (χ1) is 33.7. The Balaban J connectivity index is 0.773. The van der Waals surface area contributed by atoms with Crippen LogP contribution in [-0.4, -0.2) is 28.1 Å². The fourth-order valence-electron chi connectivity index (χ4n) is 11.7. The van der Waals surface area contributed by atoms with Crippen LogP contribution in [-0.2, 0) is 0 Å². The van der Waals surface area contributed by atoms with Crippen LogP contribution in [0.4, 0.5) is 17.1 Å². The molecule has 1 aromatic heterocycles. The highest BCUT2D eigenvalue weighted by Gasteiger charge is 2.48. The molecule has 0 spiro atoms. The van der Waals surface area contributed by atoms with Gasteiger partial charge in [-0.3, -0.25) is 0 Å². The summed E-state index contributed by atoms with van der Waals surface area (Å²) in [5.74, 6) is 2.06. The lowest BCUT2D eigenvalue weighted by Crippen LogP contribution is -2.38. The fourth-order valence-corrected chi connectivity index (χ4v) is 11.7. The van der Waals surface area contributed by atoms with Gasteiger partial charge in [0.05, 0.1) is 23.5 Å². The van der Waals surface area contributed by atoms with E-state index in [1.54, 1.807) is 0 Å². The van der Waals surface area contributed by atoms with Gasteiger partial charge in [0, 0.05) is 51.6 Å². The normalized spacial score (nSPS) is 21.8. The fraction of sp³-hybridized carbons (Fsp3) is 0.125. The standard InChI is InChI=1S/C64H50N4/c1-4-16-44(17-5-1)58-42-59(66-64(65-58)45-18-6-2-7-19-45)51-23-15-22-48(39-51)47-21-14-20-46(38-47)43-30-34-53(35-31-43)68-61-29-13-11-27-55(61)57-41-50(33-37-63(57)68)49-32-36-62-56(40-49)54-26-10-12-28-60(54)67(62)52-24-8-3-9-25-52/h1-26,28,30-42,54-55,57,60-61,63H,27,29H2. The van der Waals surface area contributed by atoms with Gasteiger partial charge in [-0.15, -0.1) is 0 Å². The van der Waals surface area contributed by atoms with Gasteiger partial charge in [0.15, 0.2) is 5.82 Å². The van der Waals surface area contributed by atoms with E-state index < -0.39 is 0 Å². The van der Waals surface area contributed by atoms with E-state index in [4.69, 9.17) is 9.97 Å². The molecule has 1 fully saturated rings. The van der Waals surface area contributed by atoms with Gasteiger partial charge in [0.25, 0.3) is 0 Å². The summed E-state index contributed by atoms with van der Waals surface area (Å²) in [4.78, 5) is 15.4. The number of para-hydroxylation sites is 1. The summed E-state index contributed by atoms with van der Waals surface area (Å²) in [7, 11) is 0. The van der Waals surface area contributed by atoms with E-state index in [2.05, 4.69) is 228 Å². The number of hydrogen-bond acceptors (Lipinski definition) is 4. The van der Waals surface area contributed by atoms with Crippen molar-refractivity contribution in [2.24, 2.45) is 11.8 Å². The minimum atomic E-state index is 0.290. The van der Waals surface area contributed by atoms with E-state index in [0.29, 0.717) is 35.9 Å². The van der Waals surface area contributed by atoms with Gasteiger partial charge in [-0.1, -0.05) is 188 Å². The van der Waals surface area contributed by atoms with Crippen LogP contribution in [0.1, 0.15) is 29.9 Å². The Hall–Kier alpha value is -8.08. The highest BCUT2D eigenvalue weighted by atomic mass is 15.2. The van der Waals surface area contributed by atoms with E-state index in [1.807, 2.05) is 24.3 Å². The zero-order valence-electron chi connectivity index (χ0n) is 37.8. The molecule has 5 aliphatic rings. The molecule has 2 aliphatic heterocycles. The van der Waals surface area contributed by atoms with Gasteiger partial charge in [0.2, 0.25) is 0 Å². The average molecular weight is 875 g/mol. The summed E-state index contributed by atoms with van der Waals surface area (Å²) in [6.45, 7) is 0. The molecule has 4 heteroatoms. The third kappa shape index (κ3) is 7.16. The molecule has 0 radical (unpaired) electrons. The maximum absolute atomic E-state index is 5.11. The van der Waals surface area contributed by atoms with Gasteiger partial charge < -0.3 is 9.80 Å². The maximum Gasteiger partial charge on any atom is 0.160 e. The monoisotopic (exact) mass is 874 g/mol. The van der Waals surface area contributed by atoms with Gasteiger partial charge >= 0.3 is 0 Å². The zero-order valence-corrected chi connectivity index (χ0v) is 37.8. The lowest BCUT2D eigenvalue weighted by atomic mass is 9.77. The third-order valence-electron chi connectivity index (χ3n) is 15.0. The van der Waals surface area contributed by atoms with Gasteiger partial charge in [-0.25, -0.2) is 9.97 Å². The Labute approximate surface area is 399 Å². The first-order valence-electron chi connectivity index (χ1n) is 24.2. The molecule has 6 unspecified atom stereocenters. The van der Waals surface area contributed by atoms with Crippen LogP contribution in [0.25, 0.3) is 61.7 Å². The molecule has 6 atom stereocenters. The summed E-state index contributed by atoms with van der Waals surface area (Å²) in [6, 6.07) is 68.9. The second kappa shape index (κ2) is 17.0. The smallest absolute Gasteiger partial charge is 0.160 e. The van der Waals surface area contributed by atoms with E-state index in [9.17, 15) is 0 Å². The molecule has 3 heterocycles. The van der Waals surface area contributed by atoms with Crippen LogP contribution in [0.3, 0.4) is 0 Å². The minimum Gasteiger partial charge on any atom is -0.361 e. The SMILES string of the molecule is C1=CC2c3cc(C4=CC5C6CC=CCC6N(c6ccc(-c7cccc(-c8cccc(-c9cc(-c%10ccccc%10)nc(-c%10ccccc%10)n9)c8)c7)cc6)C5C=C4)ccc3N(c3ccccc3)C2C=C1. The van der Waals surface area contributed by atoms with Crippen molar-refractivity contribution in [2.75, 3.05) is 9.80 Å². The second-order valence-electron chi connectivity index (χ2n) is 18.8. The zero-order chi connectivity index (χ0) is 45.0. The van der Waals surface area contributed by atoms with Crippen molar-refractivity contribution in [1.82, 2.24) is 9.97 Å². The largest absolute Gasteiger partial charge is 0.361 e. The van der Waals surface area contributed by atoms with Crippen molar-refractivity contribution in [3.63, 3.8) is 0 Å². The second-order valence-corrected chi connectivity index (χ2v) is 18.8. The molecule has 13 rings (SSSR count). The highest BCUT2D eigenvalue weighted by molar-refractivity contribution is 5.83. The number of allylic oxidation sites excluding steroid dienone is 5. The van der Waals surface area contributed by atoms with Crippen molar-refractivity contribution in [3.8, 4) is 56.2 Å². The summed E-state index contributed by atoms with van der Waals surface area (Å²) in [6.07, 6.45) is 23.7. The molecular formula is C64H50N4. The first-order valence-corrected chi connectivity index (χ1v) is 24.2. The molecule has 4 nitrogen and oxygen atoms in total. The van der Waals surface area contributed by atoms with Crippen LogP contribution in [0.5, 0.6) is 0 Å². The number of hydrogen-bond donors (Lipinski definition) is 0. The summed E-state index contributed by atoms with van der Waals surface area (Å²) < 4.78 is 0. The van der Waals surface area contributed by atoms with Gasteiger partial charge in [-0.05, 0) is 112 Å². The number of fused-ring (bicyclic) bond motifs is 6. The average Bonchev–Trinajstić information content (AvgIpc) is 3.94. The molecule has 3 aliphatic carbocycles. The molecule has 7 aromatic carbocycles. The number of rotatable bonds is 8. The molecule has 8 aromatic rings. The molecule has 1 saturated heterocycles. The van der Waals surface area contributed by atoms with E-state index in [-0.39, 0.29) is 0 Å². The maximum atomic E-state index is 5.11. The molecule has 0 N–H and O–H groups in total. The van der Waals surface area contributed by atoms with E-state index >= 15 is 0 Å². The van der Waals surface area contributed by atoms with Crippen molar-refractivity contribution in [2.45, 2.75) is 36.9 Å². The Bertz CT molecular complexity index is 3270. The Morgan fingerprint density at radius 1 is 0.441 bits per heavy atom. The summed E-state index contributed by atoms with van der Waals surface area (Å²) in [5, 5.41) is 0. The predicted molar refractivity (Wildman–Crippen MR) is 282 cm³/mol. The first kappa shape index (κ1) is 40.2. The van der Waals surface area contributed by atoms with Gasteiger partial charge in [0.1, 0.15) is 0 Å². The van der Waals surface area contributed by atoms with Gasteiger partial charge in [-0.2, -0.15) is 0 Å². The molecule has 68 heavy (non-hydrogen) atoms. The van der Waals surface area contributed by atoms with Crippen LogP contribution in [0.15, 0.2) is 243 Å². The van der Waals surface area contributed by atoms with Crippen molar-refractivity contribution in [1.29, 1.82) is 0 Å². The van der Waals surface area contributed by atoms with E-state index in [1.165, 1.54) is 50.5 Å². The molecule has 326 valence electrons. The van der Waals surface area contributed by atoms with Crippen LogP contribution in [0, 0.1) is 11.8 Å². The Kier molecular flexibility index (Phi) is 10.0. The van der Waals surface area contributed by atoms with Crippen molar-refractivity contribution < 1.29 is 0 Å². The number of nitrogens with zero attached hydrogens (tertiary/aromatic N) is 4. The lowest BCUT2D eigenvalue weighted by molar-refractivity contribution is 0.400. The molecule has 0 bridgehead atoms. The minimum absolute atomic E-state index is 0.290.